The molecule has 3 aliphatic rings. The molecular weight excluding hydrogens is 256 g/mol. The highest BCUT2D eigenvalue weighted by atomic mass is 16.5. The summed E-state index contributed by atoms with van der Waals surface area (Å²) in [6.45, 7) is 2.79. The number of fused-ring (bicyclic) bond motifs is 1. The molecule has 1 aromatic heterocycles. The molecule has 1 N–H and O–H groups in total. The molecule has 0 aliphatic heterocycles. The van der Waals surface area contributed by atoms with Gasteiger partial charge in [0.05, 0.1) is 13.2 Å². The van der Waals surface area contributed by atoms with Gasteiger partial charge in [-0.05, 0) is 55.8 Å². The molecule has 3 fully saturated rings. The van der Waals surface area contributed by atoms with Gasteiger partial charge in [0, 0.05) is 6.20 Å². The summed E-state index contributed by atoms with van der Waals surface area (Å²) in [6.07, 6.45) is 8.33. The fraction of sp³-hybridized carbons (Fsp3) is 0.733. The van der Waals surface area contributed by atoms with Gasteiger partial charge in [0.2, 0.25) is 5.88 Å². The van der Waals surface area contributed by atoms with Gasteiger partial charge in [0.1, 0.15) is 5.56 Å². The molecule has 0 bridgehead atoms. The molecule has 20 heavy (non-hydrogen) atoms. The molecule has 5 nitrogen and oxygen atoms in total. The summed E-state index contributed by atoms with van der Waals surface area (Å²) in [7, 11) is 0. The van der Waals surface area contributed by atoms with Crippen LogP contribution in [0.2, 0.25) is 0 Å². The van der Waals surface area contributed by atoms with E-state index in [0.29, 0.717) is 35.5 Å². The molecule has 0 aromatic carbocycles. The molecule has 108 valence electrons. The Morgan fingerprint density at radius 3 is 2.70 bits per heavy atom. The lowest BCUT2D eigenvalue weighted by Gasteiger charge is -2.05. The minimum Gasteiger partial charge on any atom is -0.476 e. The van der Waals surface area contributed by atoms with Crippen LogP contribution in [0.1, 0.15) is 49.4 Å². The highest BCUT2D eigenvalue weighted by Gasteiger charge is 2.85. The van der Waals surface area contributed by atoms with Crippen molar-refractivity contribution in [3.05, 3.63) is 11.8 Å². The number of aromatic nitrogens is 2. The Kier molecular flexibility index (Phi) is 2.44. The summed E-state index contributed by atoms with van der Waals surface area (Å²) in [5.74, 6) is 0.860. The van der Waals surface area contributed by atoms with Crippen LogP contribution in [0.15, 0.2) is 6.20 Å². The smallest absolute Gasteiger partial charge is 0.345 e. The van der Waals surface area contributed by atoms with Gasteiger partial charge in [0.25, 0.3) is 0 Å². The maximum Gasteiger partial charge on any atom is 0.345 e. The number of aromatic amines is 1. The molecule has 3 aliphatic carbocycles. The standard InChI is InChI=1S/C15H20N2O3/c1-2-19-13(18)10-9-16-17-12(10)20-8-3-11-14(4-5-14)15(11)6-7-15/h9,11H,2-8H2,1H3,(H,16,17). The SMILES string of the molecule is CCOC(=O)c1c[nH]nc1OCCC1C2(CC2)C12CC2. The van der Waals surface area contributed by atoms with E-state index in [0.717, 1.165) is 12.3 Å². The highest BCUT2D eigenvalue weighted by molar-refractivity contribution is 5.91. The van der Waals surface area contributed by atoms with Crippen molar-refractivity contribution in [2.75, 3.05) is 13.2 Å². The molecular formula is C15H20N2O3. The van der Waals surface area contributed by atoms with Gasteiger partial charge in [0.15, 0.2) is 0 Å². The van der Waals surface area contributed by atoms with E-state index in [4.69, 9.17) is 9.47 Å². The summed E-state index contributed by atoms with van der Waals surface area (Å²) in [6, 6.07) is 0. The number of ether oxygens (including phenoxy) is 2. The van der Waals surface area contributed by atoms with Crippen LogP contribution >= 0.6 is 0 Å². The minimum atomic E-state index is -0.375. The normalized spacial score (nSPS) is 23.9. The molecule has 3 saturated carbocycles. The van der Waals surface area contributed by atoms with Crippen LogP contribution in [0.25, 0.3) is 0 Å². The number of nitrogens with zero attached hydrogens (tertiary/aromatic N) is 1. The Bertz CT molecular complexity index is 525. The second-order valence-corrected chi connectivity index (χ2v) is 6.33. The lowest BCUT2D eigenvalue weighted by atomic mass is 10.2. The van der Waals surface area contributed by atoms with Crippen LogP contribution in [0.5, 0.6) is 5.88 Å². The summed E-state index contributed by atoms with van der Waals surface area (Å²) in [5.41, 5.74) is 1.82. The molecule has 0 atom stereocenters. The van der Waals surface area contributed by atoms with Crippen LogP contribution in [0.4, 0.5) is 0 Å². The minimum absolute atomic E-state index is 0.358. The molecule has 5 heteroatoms. The van der Waals surface area contributed by atoms with Crippen molar-refractivity contribution >= 4 is 5.97 Å². The Morgan fingerprint density at radius 1 is 1.40 bits per heavy atom. The fourth-order valence-electron chi connectivity index (χ4n) is 4.37. The van der Waals surface area contributed by atoms with Crippen molar-refractivity contribution in [2.45, 2.75) is 39.0 Å². The third-order valence-corrected chi connectivity index (χ3v) is 5.57. The Morgan fingerprint density at radius 2 is 2.10 bits per heavy atom. The first-order valence-electron chi connectivity index (χ1n) is 7.57. The van der Waals surface area contributed by atoms with E-state index in [-0.39, 0.29) is 5.97 Å². The zero-order chi connectivity index (χ0) is 13.8. The molecule has 0 saturated heterocycles. The lowest BCUT2D eigenvalue weighted by molar-refractivity contribution is 0.0521. The molecule has 4 rings (SSSR count). The number of carbonyl (C=O) groups excluding carboxylic acids is 1. The van der Waals surface area contributed by atoms with Crippen molar-refractivity contribution in [1.29, 1.82) is 0 Å². The quantitative estimate of drug-likeness (QED) is 0.811. The largest absolute Gasteiger partial charge is 0.476 e. The third-order valence-electron chi connectivity index (χ3n) is 5.57. The fourth-order valence-corrected chi connectivity index (χ4v) is 4.37. The van der Waals surface area contributed by atoms with E-state index < -0.39 is 0 Å². The van der Waals surface area contributed by atoms with Crippen molar-refractivity contribution in [3.63, 3.8) is 0 Å². The first kappa shape index (κ1) is 12.2. The van der Waals surface area contributed by atoms with E-state index in [1.807, 2.05) is 0 Å². The number of H-pyrrole nitrogens is 1. The van der Waals surface area contributed by atoms with E-state index in [1.165, 1.54) is 31.9 Å². The predicted molar refractivity (Wildman–Crippen MR) is 71.5 cm³/mol. The average molecular weight is 276 g/mol. The van der Waals surface area contributed by atoms with Crippen LogP contribution in [0.3, 0.4) is 0 Å². The molecule has 2 spiro atoms. The van der Waals surface area contributed by atoms with Crippen LogP contribution in [0, 0.1) is 16.7 Å². The first-order valence-corrected chi connectivity index (χ1v) is 7.57. The van der Waals surface area contributed by atoms with E-state index in [9.17, 15) is 4.79 Å². The van der Waals surface area contributed by atoms with Gasteiger partial charge in [-0.2, -0.15) is 0 Å². The van der Waals surface area contributed by atoms with Crippen molar-refractivity contribution in [2.24, 2.45) is 16.7 Å². The number of hydrogen-bond acceptors (Lipinski definition) is 4. The van der Waals surface area contributed by atoms with Gasteiger partial charge in [-0.3, -0.25) is 5.10 Å². The number of carbonyl (C=O) groups is 1. The average Bonchev–Trinajstić information content (AvgIpc) is 3.37. The van der Waals surface area contributed by atoms with Crippen molar-refractivity contribution < 1.29 is 14.3 Å². The maximum absolute atomic E-state index is 11.7. The number of nitrogens with one attached hydrogen (secondary N) is 1. The van der Waals surface area contributed by atoms with Crippen LogP contribution in [-0.2, 0) is 4.74 Å². The Labute approximate surface area is 118 Å². The number of esters is 1. The van der Waals surface area contributed by atoms with Crippen LogP contribution < -0.4 is 4.74 Å². The van der Waals surface area contributed by atoms with Crippen molar-refractivity contribution in [1.82, 2.24) is 10.2 Å². The molecule has 1 heterocycles. The van der Waals surface area contributed by atoms with Gasteiger partial charge < -0.3 is 9.47 Å². The summed E-state index contributed by atoms with van der Waals surface area (Å²) in [5, 5.41) is 6.67. The number of hydrogen-bond donors (Lipinski definition) is 1. The Hall–Kier alpha value is -1.52. The van der Waals surface area contributed by atoms with E-state index >= 15 is 0 Å². The first-order chi connectivity index (χ1) is 9.73. The Balaban J connectivity index is 1.32. The molecule has 1 aromatic rings. The molecule has 0 radical (unpaired) electrons. The lowest BCUT2D eigenvalue weighted by Crippen LogP contribution is -2.08. The number of rotatable bonds is 6. The van der Waals surface area contributed by atoms with Gasteiger partial charge in [-0.15, -0.1) is 5.10 Å². The van der Waals surface area contributed by atoms with Gasteiger partial charge in [-0.25, -0.2) is 4.79 Å². The predicted octanol–water partition coefficient (Wildman–Crippen LogP) is 2.55. The van der Waals surface area contributed by atoms with Gasteiger partial charge in [-0.1, -0.05) is 0 Å². The maximum atomic E-state index is 11.7. The zero-order valence-corrected chi connectivity index (χ0v) is 11.8. The third kappa shape index (κ3) is 1.55. The van der Waals surface area contributed by atoms with E-state index in [1.54, 1.807) is 6.92 Å². The van der Waals surface area contributed by atoms with E-state index in [2.05, 4.69) is 10.2 Å². The monoisotopic (exact) mass is 276 g/mol. The van der Waals surface area contributed by atoms with Gasteiger partial charge >= 0.3 is 5.97 Å². The second kappa shape index (κ2) is 3.99. The summed E-state index contributed by atoms with van der Waals surface area (Å²) in [4.78, 5) is 11.7. The summed E-state index contributed by atoms with van der Waals surface area (Å²) < 4.78 is 10.7. The molecule has 0 amide bonds. The summed E-state index contributed by atoms with van der Waals surface area (Å²) >= 11 is 0. The highest BCUT2D eigenvalue weighted by Crippen LogP contribution is 2.93. The molecule has 0 unspecified atom stereocenters. The second-order valence-electron chi connectivity index (χ2n) is 6.33. The zero-order valence-electron chi connectivity index (χ0n) is 11.8. The van der Waals surface area contributed by atoms with Crippen LogP contribution in [-0.4, -0.2) is 29.4 Å². The topological polar surface area (TPSA) is 64.2 Å². The van der Waals surface area contributed by atoms with Crippen molar-refractivity contribution in [3.8, 4) is 5.88 Å².